The van der Waals surface area contributed by atoms with Crippen molar-refractivity contribution in [2.45, 2.75) is 37.4 Å². The molecule has 5 unspecified atom stereocenters. The fraction of sp³-hybridized carbons (Fsp3) is 1.00. The number of methoxy groups -OCH3 is 2. The Morgan fingerprint density at radius 1 is 1.21 bits per heavy atom. The van der Waals surface area contributed by atoms with Gasteiger partial charge in [0, 0.05) is 14.2 Å². The molecule has 0 aromatic carbocycles. The van der Waals surface area contributed by atoms with Crippen LogP contribution in [0.25, 0.3) is 0 Å². The van der Waals surface area contributed by atoms with Gasteiger partial charge < -0.3 is 24.4 Å². The second-order valence-corrected chi connectivity index (χ2v) is 3.52. The molecule has 5 atom stereocenters. The van der Waals surface area contributed by atoms with E-state index in [1.807, 2.05) is 0 Å². The molecular weight excluding hydrogens is 188 g/mol. The Hall–Kier alpha value is -0.200. The highest BCUT2D eigenvalue weighted by Crippen LogP contribution is 2.22. The van der Waals surface area contributed by atoms with Crippen LogP contribution in [-0.2, 0) is 14.2 Å². The predicted octanol–water partition coefficient (Wildman–Crippen LogP) is -0.843. The minimum atomic E-state index is -0.927. The summed E-state index contributed by atoms with van der Waals surface area (Å²) in [6.45, 7) is 2.05. The second kappa shape index (κ2) is 5.04. The molecule has 1 saturated heterocycles. The van der Waals surface area contributed by atoms with Gasteiger partial charge in [0.25, 0.3) is 0 Å². The van der Waals surface area contributed by atoms with E-state index in [0.717, 1.165) is 0 Å². The van der Waals surface area contributed by atoms with Crippen LogP contribution < -0.4 is 0 Å². The van der Waals surface area contributed by atoms with Gasteiger partial charge in [0.05, 0.1) is 12.7 Å². The summed E-state index contributed by atoms with van der Waals surface area (Å²) >= 11 is 0. The van der Waals surface area contributed by atoms with E-state index in [2.05, 4.69) is 0 Å². The lowest BCUT2D eigenvalue weighted by Crippen LogP contribution is -2.58. The normalized spacial score (nSPS) is 43.9. The lowest BCUT2D eigenvalue weighted by Gasteiger charge is -2.40. The second-order valence-electron chi connectivity index (χ2n) is 3.52. The van der Waals surface area contributed by atoms with Gasteiger partial charge in [-0.3, -0.25) is 0 Å². The average molecular weight is 206 g/mol. The van der Waals surface area contributed by atoms with E-state index in [4.69, 9.17) is 14.2 Å². The number of rotatable bonds is 3. The molecule has 0 aromatic rings. The van der Waals surface area contributed by atoms with E-state index >= 15 is 0 Å². The summed E-state index contributed by atoms with van der Waals surface area (Å²) in [6, 6.07) is 0. The first kappa shape index (κ1) is 11.9. The van der Waals surface area contributed by atoms with Crippen molar-refractivity contribution in [3.8, 4) is 0 Å². The number of aliphatic hydroxyl groups excluding tert-OH is 2. The minimum absolute atomic E-state index is 0.335. The molecule has 0 aliphatic carbocycles. The first-order valence-electron chi connectivity index (χ1n) is 4.65. The van der Waals surface area contributed by atoms with Gasteiger partial charge >= 0.3 is 0 Å². The summed E-state index contributed by atoms with van der Waals surface area (Å²) in [6.07, 6.45) is -3.12. The van der Waals surface area contributed by atoms with Crippen LogP contribution in [0.4, 0.5) is 0 Å². The first-order valence-corrected chi connectivity index (χ1v) is 4.65. The maximum Gasteiger partial charge on any atom is 0.114 e. The van der Waals surface area contributed by atoms with Crippen LogP contribution in [0.3, 0.4) is 0 Å². The topological polar surface area (TPSA) is 68.2 Å². The first-order chi connectivity index (χ1) is 6.61. The fourth-order valence-electron chi connectivity index (χ4n) is 1.72. The fourth-order valence-corrected chi connectivity index (χ4v) is 1.72. The van der Waals surface area contributed by atoms with Crippen molar-refractivity contribution in [2.24, 2.45) is 0 Å². The maximum atomic E-state index is 9.69. The van der Waals surface area contributed by atoms with Crippen LogP contribution in [0.1, 0.15) is 6.92 Å². The Morgan fingerprint density at radius 2 is 1.86 bits per heavy atom. The molecule has 1 heterocycles. The number of hydrogen-bond donors (Lipinski definition) is 2. The average Bonchev–Trinajstić information content (AvgIpc) is 2.16. The largest absolute Gasteiger partial charge is 0.388 e. The van der Waals surface area contributed by atoms with Crippen molar-refractivity contribution in [1.29, 1.82) is 0 Å². The van der Waals surface area contributed by atoms with Crippen LogP contribution in [0.5, 0.6) is 0 Å². The van der Waals surface area contributed by atoms with Gasteiger partial charge in [-0.1, -0.05) is 0 Å². The standard InChI is InChI=1S/C9H18O5/c1-5-7(10)8(11)9(13-3)6(14-5)4-12-2/h5-11H,4H2,1-3H3. The Balaban J connectivity index is 2.66. The summed E-state index contributed by atoms with van der Waals surface area (Å²) in [7, 11) is 3.03. The van der Waals surface area contributed by atoms with Crippen molar-refractivity contribution >= 4 is 0 Å². The van der Waals surface area contributed by atoms with Crippen LogP contribution in [0, 0.1) is 0 Å². The zero-order valence-electron chi connectivity index (χ0n) is 8.71. The van der Waals surface area contributed by atoms with Gasteiger partial charge in [0.2, 0.25) is 0 Å². The van der Waals surface area contributed by atoms with Crippen molar-refractivity contribution < 1.29 is 24.4 Å². The third-order valence-corrected chi connectivity index (χ3v) is 2.53. The number of aliphatic hydroxyl groups is 2. The molecule has 0 amide bonds. The summed E-state index contributed by atoms with van der Waals surface area (Å²) in [5.41, 5.74) is 0. The molecule has 5 heteroatoms. The summed E-state index contributed by atoms with van der Waals surface area (Å²) in [5, 5.41) is 19.2. The van der Waals surface area contributed by atoms with E-state index in [-0.39, 0.29) is 6.10 Å². The van der Waals surface area contributed by atoms with Gasteiger partial charge in [-0.25, -0.2) is 0 Å². The van der Waals surface area contributed by atoms with Gasteiger partial charge in [0.1, 0.15) is 24.4 Å². The molecule has 2 N–H and O–H groups in total. The van der Waals surface area contributed by atoms with Crippen LogP contribution in [-0.4, -0.2) is 61.6 Å². The van der Waals surface area contributed by atoms with Crippen molar-refractivity contribution in [2.75, 3.05) is 20.8 Å². The molecule has 0 saturated carbocycles. The quantitative estimate of drug-likeness (QED) is 0.630. The minimum Gasteiger partial charge on any atom is -0.388 e. The molecule has 5 nitrogen and oxygen atoms in total. The molecule has 0 spiro atoms. The monoisotopic (exact) mass is 206 g/mol. The van der Waals surface area contributed by atoms with E-state index in [0.29, 0.717) is 6.61 Å². The molecule has 0 aromatic heterocycles. The maximum absolute atomic E-state index is 9.69. The smallest absolute Gasteiger partial charge is 0.114 e. The highest BCUT2D eigenvalue weighted by atomic mass is 16.6. The zero-order chi connectivity index (χ0) is 10.7. The zero-order valence-corrected chi connectivity index (χ0v) is 8.71. The van der Waals surface area contributed by atoms with Gasteiger partial charge in [-0.15, -0.1) is 0 Å². The van der Waals surface area contributed by atoms with Crippen molar-refractivity contribution in [3.05, 3.63) is 0 Å². The third kappa shape index (κ3) is 2.24. The SMILES string of the molecule is COCC1OC(C)C(O)C(O)C1OC. The molecule has 84 valence electrons. The summed E-state index contributed by atoms with van der Waals surface area (Å²) < 4.78 is 15.5. The predicted molar refractivity (Wildman–Crippen MR) is 49.0 cm³/mol. The van der Waals surface area contributed by atoms with E-state index in [9.17, 15) is 10.2 Å². The molecule has 0 bridgehead atoms. The van der Waals surface area contributed by atoms with E-state index < -0.39 is 24.4 Å². The van der Waals surface area contributed by atoms with Gasteiger partial charge in [-0.05, 0) is 6.92 Å². The molecule has 1 aliphatic heterocycles. The number of ether oxygens (including phenoxy) is 3. The Bertz CT molecular complexity index is 175. The van der Waals surface area contributed by atoms with Gasteiger partial charge in [0.15, 0.2) is 0 Å². The van der Waals surface area contributed by atoms with Crippen molar-refractivity contribution in [3.63, 3.8) is 0 Å². The summed E-state index contributed by atoms with van der Waals surface area (Å²) in [5.74, 6) is 0. The van der Waals surface area contributed by atoms with E-state index in [1.54, 1.807) is 14.0 Å². The third-order valence-electron chi connectivity index (χ3n) is 2.53. The molecule has 14 heavy (non-hydrogen) atoms. The highest BCUT2D eigenvalue weighted by Gasteiger charge is 2.42. The van der Waals surface area contributed by atoms with Crippen molar-refractivity contribution in [1.82, 2.24) is 0 Å². The lowest BCUT2D eigenvalue weighted by atomic mass is 9.96. The van der Waals surface area contributed by atoms with Crippen LogP contribution in [0.15, 0.2) is 0 Å². The summed E-state index contributed by atoms with van der Waals surface area (Å²) in [4.78, 5) is 0. The highest BCUT2D eigenvalue weighted by molar-refractivity contribution is 4.91. The molecule has 0 radical (unpaired) electrons. The van der Waals surface area contributed by atoms with E-state index in [1.165, 1.54) is 7.11 Å². The van der Waals surface area contributed by atoms with Gasteiger partial charge in [-0.2, -0.15) is 0 Å². The molecular formula is C9H18O5. The Labute approximate surface area is 83.6 Å². The Kier molecular flexibility index (Phi) is 4.28. The molecule has 1 fully saturated rings. The lowest BCUT2D eigenvalue weighted by molar-refractivity contribution is -0.233. The Morgan fingerprint density at radius 3 is 2.36 bits per heavy atom. The molecule has 1 rings (SSSR count). The number of hydrogen-bond acceptors (Lipinski definition) is 5. The van der Waals surface area contributed by atoms with Crippen LogP contribution in [0.2, 0.25) is 0 Å². The van der Waals surface area contributed by atoms with Crippen LogP contribution >= 0.6 is 0 Å². The molecule has 1 aliphatic rings.